The summed E-state index contributed by atoms with van der Waals surface area (Å²) in [5, 5.41) is 0. The van der Waals surface area contributed by atoms with Gasteiger partial charge in [0, 0.05) is 25.3 Å². The van der Waals surface area contributed by atoms with E-state index in [-0.39, 0.29) is 40.7 Å². The van der Waals surface area contributed by atoms with Crippen molar-refractivity contribution < 1.29 is 43.8 Å². The van der Waals surface area contributed by atoms with E-state index in [1.165, 1.54) is 41.0 Å². The maximum atomic E-state index is 13.7. The van der Waals surface area contributed by atoms with E-state index in [9.17, 15) is 25.6 Å². The zero-order valence-electron chi connectivity index (χ0n) is 26.0. The van der Waals surface area contributed by atoms with Gasteiger partial charge in [0.25, 0.3) is 0 Å². The normalized spacial score (nSPS) is 12.4. The molecular weight excluding hydrogens is 659 g/mol. The van der Waals surface area contributed by atoms with Gasteiger partial charge in [0.05, 0.1) is 24.1 Å². The highest BCUT2D eigenvalue weighted by atomic mass is 32.3. The molecule has 46 heavy (non-hydrogen) atoms. The molecule has 4 aromatic rings. The van der Waals surface area contributed by atoms with Crippen molar-refractivity contribution in [2.45, 2.75) is 58.7 Å². The van der Waals surface area contributed by atoms with Crippen molar-refractivity contribution in [3.8, 4) is 5.75 Å². The summed E-state index contributed by atoms with van der Waals surface area (Å²) < 4.78 is 90.1. The van der Waals surface area contributed by atoms with Gasteiger partial charge in [0.15, 0.2) is 20.4 Å². The van der Waals surface area contributed by atoms with E-state index in [0.717, 1.165) is 0 Å². The maximum absolute atomic E-state index is 13.7. The quantitative estimate of drug-likeness (QED) is 0.0995. The predicted octanol–water partition coefficient (Wildman–Crippen LogP) is 7.21. The number of hydrogen-bond acceptors (Lipinski definition) is 7. The fourth-order valence-corrected chi connectivity index (χ4v) is 7.95. The maximum Gasteiger partial charge on any atom is 0.506 e. The van der Waals surface area contributed by atoms with Crippen LogP contribution in [-0.4, -0.2) is 40.2 Å². The van der Waals surface area contributed by atoms with E-state index in [4.69, 9.17) is 14.0 Å². The van der Waals surface area contributed by atoms with Gasteiger partial charge in [0.2, 0.25) is 0 Å². The molecule has 0 unspecified atom stereocenters. The van der Waals surface area contributed by atoms with Gasteiger partial charge in [-0.25, -0.2) is 0 Å². The highest BCUT2D eigenvalue weighted by Gasteiger charge is 2.60. The van der Waals surface area contributed by atoms with Crippen LogP contribution in [0.25, 0.3) is 0 Å². The lowest BCUT2D eigenvalue weighted by atomic mass is 9.85. The van der Waals surface area contributed by atoms with Crippen LogP contribution < -0.4 is 4.18 Å². The minimum absolute atomic E-state index is 0.0146. The topological polar surface area (TPSA) is 116 Å². The first-order valence-corrected chi connectivity index (χ1v) is 17.9. The molecule has 0 saturated heterocycles. The number of rotatable bonds is 11. The van der Waals surface area contributed by atoms with Crippen LogP contribution in [0.15, 0.2) is 118 Å². The second-order valence-corrected chi connectivity index (χ2v) is 16.3. The molecule has 0 saturated carbocycles. The molecule has 4 aromatic carbocycles. The summed E-state index contributed by atoms with van der Waals surface area (Å²) in [6.07, 6.45) is 0. The van der Waals surface area contributed by atoms with Crippen LogP contribution in [0.1, 0.15) is 37.5 Å². The smallest absolute Gasteiger partial charge is 0.380 e. The Balaban J connectivity index is 0.000000264. The molecule has 0 aromatic heterocycles. The summed E-state index contributed by atoms with van der Waals surface area (Å²) in [5.41, 5.74) is 0.507. The molecule has 0 spiro atoms. The highest BCUT2D eigenvalue weighted by molar-refractivity contribution is 8.05. The monoisotopic (exact) mass is 695 g/mol. The van der Waals surface area contributed by atoms with E-state index in [2.05, 4.69) is 95.2 Å². The van der Waals surface area contributed by atoms with Gasteiger partial charge in [-0.05, 0) is 59.5 Å². The number of benzene rings is 4. The predicted molar refractivity (Wildman–Crippen MR) is 174 cm³/mol. The molecule has 0 atom stereocenters. The molecule has 0 amide bonds. The Morgan fingerprint density at radius 1 is 0.674 bits per heavy atom. The summed E-state index contributed by atoms with van der Waals surface area (Å²) in [7, 11) is -9.78. The molecule has 0 bridgehead atoms. The lowest BCUT2D eigenvalue weighted by Gasteiger charge is -2.24. The first-order chi connectivity index (χ1) is 21.5. The number of methoxy groups -OCH3 is 2. The molecule has 0 aliphatic carbocycles. The lowest BCUT2D eigenvalue weighted by Crippen LogP contribution is -2.40. The molecular formula is C33H37F2O8S3+. The standard InChI is InChI=1S/C18H15S.C15H22F2O8S2/c1-4-10-16(11-5-1)19(17-12-6-2-7-13-17)18-14-8-3-9-15-18;1-14(2,3)12-6-10(8-23-4)13(11(7-12)9-24-5)25-27(21,22)15(16,17)26(18,19)20/h1-15H;6-7H,8-9H2,1-5H3,(H,18,19,20)/q+1;. The average molecular weight is 696 g/mol. The molecule has 0 fully saturated rings. The fraction of sp³-hybridized carbons (Fsp3) is 0.273. The Labute approximate surface area is 272 Å². The first-order valence-electron chi connectivity index (χ1n) is 13.9. The molecule has 8 nitrogen and oxygen atoms in total. The number of ether oxygens (including phenoxy) is 2. The van der Waals surface area contributed by atoms with Crippen molar-refractivity contribution in [3.05, 3.63) is 120 Å². The van der Waals surface area contributed by atoms with E-state index in [1.807, 2.05) is 20.8 Å². The SMILES string of the molecule is COCc1cc(C(C)(C)C)cc(COC)c1OS(=O)(=O)C(F)(F)S(=O)(=O)O.c1ccc([S+](c2ccccc2)c2ccccc2)cc1. The van der Waals surface area contributed by atoms with Crippen molar-refractivity contribution in [3.63, 3.8) is 0 Å². The fourth-order valence-electron chi connectivity index (χ4n) is 4.19. The molecule has 13 heteroatoms. The Morgan fingerprint density at radius 3 is 1.30 bits per heavy atom. The highest BCUT2D eigenvalue weighted by Crippen LogP contribution is 2.37. The van der Waals surface area contributed by atoms with Gasteiger partial charge in [-0.15, -0.1) is 0 Å². The molecule has 0 heterocycles. The summed E-state index contributed by atoms with van der Waals surface area (Å²) in [5.74, 6) is -0.546. The van der Waals surface area contributed by atoms with Gasteiger partial charge < -0.3 is 13.7 Å². The van der Waals surface area contributed by atoms with E-state index in [0.29, 0.717) is 5.56 Å². The summed E-state index contributed by atoms with van der Waals surface area (Å²) in [6.45, 7) is 5.21. The Hall–Kier alpha value is -3.33. The van der Waals surface area contributed by atoms with Gasteiger partial charge in [-0.3, -0.25) is 4.55 Å². The summed E-state index contributed by atoms with van der Waals surface area (Å²) in [6, 6.07) is 35.2. The largest absolute Gasteiger partial charge is 0.506 e. The van der Waals surface area contributed by atoms with Gasteiger partial charge in [-0.1, -0.05) is 75.4 Å². The number of alkyl halides is 2. The zero-order chi connectivity index (χ0) is 34.2. The summed E-state index contributed by atoms with van der Waals surface area (Å²) in [4.78, 5) is 4.08. The van der Waals surface area contributed by atoms with E-state index >= 15 is 0 Å². The number of halogens is 2. The Kier molecular flexibility index (Phi) is 12.5. The van der Waals surface area contributed by atoms with Crippen molar-refractivity contribution >= 4 is 31.1 Å². The second kappa shape index (κ2) is 15.5. The minimum atomic E-state index is -6.27. The molecule has 0 radical (unpaired) electrons. The van der Waals surface area contributed by atoms with Gasteiger partial charge in [-0.2, -0.15) is 25.6 Å². The van der Waals surface area contributed by atoms with Gasteiger partial charge >= 0.3 is 24.8 Å². The molecule has 4 rings (SSSR count). The minimum Gasteiger partial charge on any atom is -0.380 e. The van der Waals surface area contributed by atoms with Gasteiger partial charge in [0.1, 0.15) is 0 Å². The lowest BCUT2D eigenvalue weighted by molar-refractivity contribution is 0.152. The third-order valence-electron chi connectivity index (χ3n) is 6.43. The second-order valence-electron chi connectivity index (χ2n) is 11.0. The molecule has 0 aliphatic heterocycles. The van der Waals surface area contributed by atoms with E-state index in [1.54, 1.807) is 0 Å². The number of hydrogen-bond donors (Lipinski definition) is 1. The third kappa shape index (κ3) is 9.14. The zero-order valence-corrected chi connectivity index (χ0v) is 28.5. The first kappa shape index (κ1) is 37.1. The van der Waals surface area contributed by atoms with Crippen LogP contribution in [0.3, 0.4) is 0 Å². The van der Waals surface area contributed by atoms with Crippen LogP contribution in [0.2, 0.25) is 0 Å². The Bertz CT molecular complexity index is 1660. The van der Waals surface area contributed by atoms with Crippen molar-refractivity contribution in [1.29, 1.82) is 0 Å². The van der Waals surface area contributed by atoms with Crippen molar-refractivity contribution in [2.24, 2.45) is 0 Å². The Morgan fingerprint density at radius 2 is 1.02 bits per heavy atom. The van der Waals surface area contributed by atoms with Crippen LogP contribution >= 0.6 is 0 Å². The van der Waals surface area contributed by atoms with Crippen molar-refractivity contribution in [2.75, 3.05) is 14.2 Å². The van der Waals surface area contributed by atoms with Crippen LogP contribution in [-0.2, 0) is 59.2 Å². The van der Waals surface area contributed by atoms with E-state index < -0.39 is 30.6 Å². The third-order valence-corrected chi connectivity index (χ3v) is 11.5. The van der Waals surface area contributed by atoms with Crippen molar-refractivity contribution in [1.82, 2.24) is 0 Å². The summed E-state index contributed by atoms with van der Waals surface area (Å²) >= 11 is 0. The molecule has 0 aliphatic rings. The van der Waals surface area contributed by atoms with Crippen LogP contribution in [0.5, 0.6) is 5.75 Å². The molecule has 1 N–H and O–H groups in total. The molecule has 248 valence electrons. The average Bonchev–Trinajstić information content (AvgIpc) is 3.00. The van der Waals surface area contributed by atoms with Crippen LogP contribution in [0.4, 0.5) is 8.78 Å². The van der Waals surface area contributed by atoms with Crippen LogP contribution in [0, 0.1) is 0 Å².